The summed E-state index contributed by atoms with van der Waals surface area (Å²) in [6, 6.07) is 5.30. The van der Waals surface area contributed by atoms with Crippen molar-refractivity contribution in [2.24, 2.45) is 11.1 Å². The smallest absolute Gasteiger partial charge is 0.405 e. The molecule has 1 unspecified atom stereocenters. The normalized spacial score (nSPS) is 14.8. The zero-order valence-corrected chi connectivity index (χ0v) is 10.8. The number of nitrogens with two attached hydrogens (primary N) is 1. The number of para-hydroxylation sites is 1. The highest BCUT2D eigenvalue weighted by Gasteiger charge is 2.36. The van der Waals surface area contributed by atoms with Crippen LogP contribution >= 0.6 is 0 Å². The molecule has 19 heavy (non-hydrogen) atoms. The minimum atomic E-state index is -4.83. The molecule has 0 saturated carbocycles. The first kappa shape index (κ1) is 15.5. The number of carbonyl (C=O) groups excluding carboxylic acids is 1. The molecule has 0 fully saturated rings. The molecule has 0 aliphatic heterocycles. The average Bonchev–Trinajstić information content (AvgIpc) is 2.36. The summed E-state index contributed by atoms with van der Waals surface area (Å²) in [5, 5.41) is 0. The van der Waals surface area contributed by atoms with Crippen LogP contribution in [0.2, 0.25) is 0 Å². The number of rotatable bonds is 5. The summed E-state index contributed by atoms with van der Waals surface area (Å²) in [7, 11) is 0. The summed E-state index contributed by atoms with van der Waals surface area (Å²) in [5.74, 6) is -0.939. The molecular weight excluding hydrogens is 259 g/mol. The predicted molar refractivity (Wildman–Crippen MR) is 64.9 cm³/mol. The first-order valence-electron chi connectivity index (χ1n) is 5.83. The molecule has 1 aromatic rings. The quantitative estimate of drug-likeness (QED) is 0.840. The van der Waals surface area contributed by atoms with Crippen molar-refractivity contribution in [3.05, 3.63) is 29.8 Å². The Morgan fingerprint density at radius 3 is 2.37 bits per heavy atom. The van der Waals surface area contributed by atoms with E-state index in [0.29, 0.717) is 6.42 Å². The molecule has 2 N–H and O–H groups in total. The van der Waals surface area contributed by atoms with Crippen LogP contribution in [-0.2, 0) is 0 Å². The van der Waals surface area contributed by atoms with Gasteiger partial charge >= 0.3 is 6.36 Å². The summed E-state index contributed by atoms with van der Waals surface area (Å²) in [6.45, 7) is 3.44. The third-order valence-electron chi connectivity index (χ3n) is 3.14. The molecule has 0 saturated heterocycles. The molecule has 0 aromatic heterocycles. The van der Waals surface area contributed by atoms with Crippen LogP contribution in [-0.4, -0.2) is 18.7 Å². The van der Waals surface area contributed by atoms with Gasteiger partial charge in [0.15, 0.2) is 5.78 Å². The molecule has 0 spiro atoms. The number of ketones is 1. The Balaban J connectivity index is 3.17. The van der Waals surface area contributed by atoms with Crippen molar-refractivity contribution in [3.8, 4) is 5.75 Å². The molecule has 0 aliphatic carbocycles. The lowest BCUT2D eigenvalue weighted by molar-refractivity contribution is -0.274. The molecule has 0 amide bonds. The summed E-state index contributed by atoms with van der Waals surface area (Å²) >= 11 is 0. The highest BCUT2D eigenvalue weighted by Crippen LogP contribution is 2.32. The van der Waals surface area contributed by atoms with Gasteiger partial charge in [-0.05, 0) is 18.6 Å². The number of ether oxygens (including phenoxy) is 1. The van der Waals surface area contributed by atoms with Crippen molar-refractivity contribution < 1.29 is 22.7 Å². The van der Waals surface area contributed by atoms with E-state index in [9.17, 15) is 18.0 Å². The number of hydrogen-bond acceptors (Lipinski definition) is 3. The van der Waals surface area contributed by atoms with E-state index in [4.69, 9.17) is 5.73 Å². The van der Waals surface area contributed by atoms with Crippen molar-refractivity contribution in [2.75, 3.05) is 6.54 Å². The van der Waals surface area contributed by atoms with Crippen LogP contribution in [0.1, 0.15) is 30.6 Å². The van der Waals surface area contributed by atoms with E-state index >= 15 is 0 Å². The van der Waals surface area contributed by atoms with Gasteiger partial charge in [0.1, 0.15) is 5.75 Å². The Kier molecular flexibility index (Phi) is 4.57. The number of halogens is 3. The van der Waals surface area contributed by atoms with Gasteiger partial charge in [0.05, 0.1) is 5.56 Å². The number of alkyl halides is 3. The minimum Gasteiger partial charge on any atom is -0.405 e. The fourth-order valence-corrected chi connectivity index (χ4v) is 1.59. The van der Waals surface area contributed by atoms with Crippen molar-refractivity contribution in [2.45, 2.75) is 26.6 Å². The van der Waals surface area contributed by atoms with E-state index in [1.165, 1.54) is 18.2 Å². The Morgan fingerprint density at radius 1 is 1.32 bits per heavy atom. The topological polar surface area (TPSA) is 52.3 Å². The van der Waals surface area contributed by atoms with Gasteiger partial charge in [-0.2, -0.15) is 0 Å². The Bertz CT molecular complexity index is 453. The first-order chi connectivity index (χ1) is 8.73. The van der Waals surface area contributed by atoms with Gasteiger partial charge in [-0.25, -0.2) is 0 Å². The van der Waals surface area contributed by atoms with Gasteiger partial charge in [0.2, 0.25) is 0 Å². The van der Waals surface area contributed by atoms with Crippen LogP contribution in [0.4, 0.5) is 13.2 Å². The largest absolute Gasteiger partial charge is 0.573 e. The lowest BCUT2D eigenvalue weighted by atomic mass is 9.80. The minimum absolute atomic E-state index is 0.0582. The fraction of sp³-hybridized carbons (Fsp3) is 0.462. The van der Waals surface area contributed by atoms with Crippen LogP contribution in [0.3, 0.4) is 0 Å². The van der Waals surface area contributed by atoms with Gasteiger partial charge in [0, 0.05) is 12.0 Å². The number of carbonyl (C=O) groups is 1. The molecule has 106 valence electrons. The molecule has 0 radical (unpaired) electrons. The van der Waals surface area contributed by atoms with E-state index in [2.05, 4.69) is 4.74 Å². The first-order valence-corrected chi connectivity index (χ1v) is 5.83. The van der Waals surface area contributed by atoms with E-state index in [1.807, 2.05) is 0 Å². The Morgan fingerprint density at radius 2 is 1.89 bits per heavy atom. The fourth-order valence-electron chi connectivity index (χ4n) is 1.59. The van der Waals surface area contributed by atoms with E-state index in [1.54, 1.807) is 13.8 Å². The maximum atomic E-state index is 12.3. The summed E-state index contributed by atoms with van der Waals surface area (Å²) in [5.41, 5.74) is 4.55. The van der Waals surface area contributed by atoms with E-state index in [-0.39, 0.29) is 12.1 Å². The monoisotopic (exact) mass is 275 g/mol. The third-order valence-corrected chi connectivity index (χ3v) is 3.14. The summed E-state index contributed by atoms with van der Waals surface area (Å²) in [6.07, 6.45) is -4.40. The maximum absolute atomic E-state index is 12.3. The second-order valence-electron chi connectivity index (χ2n) is 4.49. The number of benzene rings is 1. The van der Waals surface area contributed by atoms with Crippen molar-refractivity contribution in [1.29, 1.82) is 0 Å². The zero-order valence-electron chi connectivity index (χ0n) is 10.8. The molecule has 1 rings (SSSR count). The summed E-state index contributed by atoms with van der Waals surface area (Å²) < 4.78 is 40.7. The van der Waals surface area contributed by atoms with Crippen LogP contribution in [0.15, 0.2) is 24.3 Å². The summed E-state index contributed by atoms with van der Waals surface area (Å²) in [4.78, 5) is 12.3. The standard InChI is InChI=1S/C13H16F3NO2/c1-3-12(2,8-17)11(18)9-6-4-5-7-10(9)19-13(14,15)16/h4-7H,3,8,17H2,1-2H3. The maximum Gasteiger partial charge on any atom is 0.573 e. The Labute approximate surface area is 109 Å². The number of hydrogen-bond donors (Lipinski definition) is 1. The zero-order chi connectivity index (χ0) is 14.7. The molecule has 3 nitrogen and oxygen atoms in total. The highest BCUT2D eigenvalue weighted by atomic mass is 19.4. The molecule has 0 heterocycles. The molecule has 1 atom stereocenters. The lowest BCUT2D eigenvalue weighted by Crippen LogP contribution is -2.35. The SMILES string of the molecule is CCC(C)(CN)C(=O)c1ccccc1OC(F)(F)F. The van der Waals surface area contributed by atoms with Crippen LogP contribution < -0.4 is 10.5 Å². The Hall–Kier alpha value is -1.56. The molecular formula is C13H16F3NO2. The lowest BCUT2D eigenvalue weighted by Gasteiger charge is -2.25. The second kappa shape index (κ2) is 5.61. The third kappa shape index (κ3) is 3.70. The van der Waals surface area contributed by atoms with Gasteiger partial charge < -0.3 is 10.5 Å². The van der Waals surface area contributed by atoms with Crippen molar-refractivity contribution in [1.82, 2.24) is 0 Å². The van der Waals surface area contributed by atoms with Crippen molar-refractivity contribution in [3.63, 3.8) is 0 Å². The van der Waals surface area contributed by atoms with E-state index < -0.39 is 23.3 Å². The van der Waals surface area contributed by atoms with Gasteiger partial charge in [-0.1, -0.05) is 26.0 Å². The van der Waals surface area contributed by atoms with Gasteiger partial charge in [0.25, 0.3) is 0 Å². The molecule has 1 aromatic carbocycles. The average molecular weight is 275 g/mol. The highest BCUT2D eigenvalue weighted by molar-refractivity contribution is 6.02. The van der Waals surface area contributed by atoms with E-state index in [0.717, 1.165) is 6.07 Å². The molecule has 0 aliphatic rings. The van der Waals surface area contributed by atoms with Crippen LogP contribution in [0.25, 0.3) is 0 Å². The predicted octanol–water partition coefficient (Wildman–Crippen LogP) is 3.14. The van der Waals surface area contributed by atoms with Gasteiger partial charge in [-0.3, -0.25) is 4.79 Å². The van der Waals surface area contributed by atoms with Crippen LogP contribution in [0, 0.1) is 5.41 Å². The molecule has 0 bridgehead atoms. The van der Waals surface area contributed by atoms with Gasteiger partial charge in [-0.15, -0.1) is 13.2 Å². The second-order valence-corrected chi connectivity index (χ2v) is 4.49. The van der Waals surface area contributed by atoms with Crippen molar-refractivity contribution >= 4 is 5.78 Å². The molecule has 6 heteroatoms. The van der Waals surface area contributed by atoms with Crippen LogP contribution in [0.5, 0.6) is 5.75 Å². The number of Topliss-reactive ketones (excluding diaryl/α,β-unsaturated/α-hetero) is 1.